The van der Waals surface area contributed by atoms with Crippen molar-refractivity contribution in [2.45, 2.75) is 30.9 Å². The van der Waals surface area contributed by atoms with E-state index in [-0.39, 0.29) is 12.1 Å². The molecule has 0 saturated heterocycles. The first-order valence-corrected chi connectivity index (χ1v) is 10.0. The van der Waals surface area contributed by atoms with Crippen LogP contribution in [-0.4, -0.2) is 25.1 Å². The maximum Gasteiger partial charge on any atom is 0.341 e. The van der Waals surface area contributed by atoms with Crippen LogP contribution in [-0.2, 0) is 21.1 Å². The molecule has 3 rings (SSSR count). The molecule has 8 heteroatoms. The molecule has 0 aliphatic heterocycles. The van der Waals surface area contributed by atoms with Gasteiger partial charge in [0.15, 0.2) is 0 Å². The van der Waals surface area contributed by atoms with Crippen LogP contribution in [0.3, 0.4) is 0 Å². The summed E-state index contributed by atoms with van der Waals surface area (Å²) in [4.78, 5) is 16.4. The van der Waals surface area contributed by atoms with Crippen LogP contribution in [0.4, 0.5) is 14.5 Å². The first kappa shape index (κ1) is 19.9. The highest BCUT2D eigenvalue weighted by Crippen LogP contribution is 2.27. The van der Waals surface area contributed by atoms with Crippen LogP contribution in [0.1, 0.15) is 16.8 Å². The van der Waals surface area contributed by atoms with Crippen molar-refractivity contribution in [2.75, 3.05) is 5.32 Å². The Hall–Kier alpha value is -2.87. The molecule has 0 radical (unpaired) electrons. The van der Waals surface area contributed by atoms with Crippen LogP contribution in [0.25, 0.3) is 10.9 Å². The number of sulfone groups is 1. The molecule has 0 aliphatic carbocycles. The standard InChI is InChI=1S/C20H18F2N2O3S/c1-12-14-7-3-4-8-16(14)23-13(2)15(12)11-19(25)24-17-9-5-6-10-18(17)28(26,27)20(21)22/h3-10,20H,11H2,1-2H3,(H,24,25). The molecule has 0 aliphatic rings. The highest BCUT2D eigenvalue weighted by atomic mass is 32.2. The third-order valence-corrected chi connectivity index (χ3v) is 5.96. The zero-order valence-electron chi connectivity index (χ0n) is 15.2. The van der Waals surface area contributed by atoms with Gasteiger partial charge in [-0.25, -0.2) is 8.42 Å². The monoisotopic (exact) mass is 404 g/mol. The molecule has 2 aromatic carbocycles. The molecule has 0 bridgehead atoms. The van der Waals surface area contributed by atoms with Crippen LogP contribution in [0.2, 0.25) is 0 Å². The van der Waals surface area contributed by atoms with E-state index in [1.165, 1.54) is 18.2 Å². The zero-order chi connectivity index (χ0) is 20.5. The lowest BCUT2D eigenvalue weighted by atomic mass is 9.99. The fourth-order valence-corrected chi connectivity index (χ4v) is 3.99. The van der Waals surface area contributed by atoms with Gasteiger partial charge in [-0.15, -0.1) is 0 Å². The molecule has 1 N–H and O–H groups in total. The number of aryl methyl sites for hydroxylation is 2. The summed E-state index contributed by atoms with van der Waals surface area (Å²) >= 11 is 0. The molecular formula is C20H18F2N2O3S. The highest BCUT2D eigenvalue weighted by molar-refractivity contribution is 7.91. The molecule has 3 aromatic rings. The number of halogens is 2. The van der Waals surface area contributed by atoms with E-state index in [2.05, 4.69) is 10.3 Å². The number of alkyl halides is 2. The number of anilines is 1. The lowest BCUT2D eigenvalue weighted by Gasteiger charge is -2.14. The minimum Gasteiger partial charge on any atom is -0.325 e. The van der Waals surface area contributed by atoms with E-state index < -0.39 is 26.4 Å². The Morgan fingerprint density at radius 3 is 2.43 bits per heavy atom. The Bertz CT molecular complexity index is 1160. The number of carbonyl (C=O) groups excluding carboxylic acids is 1. The number of hydrogen-bond acceptors (Lipinski definition) is 4. The van der Waals surface area contributed by atoms with Crippen molar-refractivity contribution in [1.29, 1.82) is 0 Å². The number of para-hydroxylation sites is 2. The summed E-state index contributed by atoms with van der Waals surface area (Å²) in [6, 6.07) is 12.7. The van der Waals surface area contributed by atoms with Crippen molar-refractivity contribution >= 4 is 32.3 Å². The maximum atomic E-state index is 12.9. The molecule has 0 unspecified atom stereocenters. The average molecular weight is 404 g/mol. The fourth-order valence-electron chi connectivity index (χ4n) is 3.10. The van der Waals surface area contributed by atoms with E-state index in [1.54, 1.807) is 6.92 Å². The van der Waals surface area contributed by atoms with Gasteiger partial charge in [0.25, 0.3) is 0 Å². The lowest BCUT2D eigenvalue weighted by molar-refractivity contribution is -0.115. The van der Waals surface area contributed by atoms with Crippen molar-refractivity contribution in [3.05, 3.63) is 65.4 Å². The predicted octanol–water partition coefficient (Wildman–Crippen LogP) is 4.03. The summed E-state index contributed by atoms with van der Waals surface area (Å²) in [5, 5.41) is 3.36. The van der Waals surface area contributed by atoms with Crippen LogP contribution in [0.15, 0.2) is 53.4 Å². The third-order valence-electron chi connectivity index (χ3n) is 4.53. The van der Waals surface area contributed by atoms with Gasteiger partial charge >= 0.3 is 5.76 Å². The molecule has 1 aromatic heterocycles. The number of aromatic nitrogens is 1. The molecule has 28 heavy (non-hydrogen) atoms. The summed E-state index contributed by atoms with van der Waals surface area (Å²) in [6.45, 7) is 3.67. The summed E-state index contributed by atoms with van der Waals surface area (Å²) < 4.78 is 49.5. The fraction of sp³-hybridized carbons (Fsp3) is 0.200. The van der Waals surface area contributed by atoms with E-state index in [9.17, 15) is 22.0 Å². The van der Waals surface area contributed by atoms with Crippen molar-refractivity contribution in [2.24, 2.45) is 0 Å². The van der Waals surface area contributed by atoms with Gasteiger partial charge in [0.05, 0.1) is 22.5 Å². The van der Waals surface area contributed by atoms with Crippen LogP contribution in [0.5, 0.6) is 0 Å². The van der Waals surface area contributed by atoms with Gasteiger partial charge in [0.2, 0.25) is 15.7 Å². The molecule has 0 spiro atoms. The van der Waals surface area contributed by atoms with Crippen molar-refractivity contribution in [1.82, 2.24) is 4.98 Å². The highest BCUT2D eigenvalue weighted by Gasteiger charge is 2.29. The van der Waals surface area contributed by atoms with Crippen molar-refractivity contribution in [3.8, 4) is 0 Å². The van der Waals surface area contributed by atoms with E-state index in [1.807, 2.05) is 31.2 Å². The molecule has 0 fully saturated rings. The molecular weight excluding hydrogens is 386 g/mol. The second-order valence-corrected chi connectivity index (χ2v) is 8.23. The van der Waals surface area contributed by atoms with E-state index in [4.69, 9.17) is 0 Å². The lowest BCUT2D eigenvalue weighted by Crippen LogP contribution is -2.20. The van der Waals surface area contributed by atoms with Gasteiger partial charge < -0.3 is 5.32 Å². The van der Waals surface area contributed by atoms with Gasteiger partial charge in [-0.1, -0.05) is 30.3 Å². The number of nitrogens with zero attached hydrogens (tertiary/aromatic N) is 1. The predicted molar refractivity (Wildman–Crippen MR) is 103 cm³/mol. The Morgan fingerprint density at radius 1 is 1.07 bits per heavy atom. The molecule has 0 atom stereocenters. The normalized spacial score (nSPS) is 11.8. The summed E-state index contributed by atoms with van der Waals surface area (Å²) in [6.07, 6.45) is -0.0570. The van der Waals surface area contributed by atoms with Gasteiger partial charge in [-0.05, 0) is 43.2 Å². The minimum atomic E-state index is -4.83. The third kappa shape index (κ3) is 3.73. The number of amides is 1. The van der Waals surface area contributed by atoms with Gasteiger partial charge in [-0.3, -0.25) is 9.78 Å². The summed E-state index contributed by atoms with van der Waals surface area (Å²) in [5.41, 5.74) is 2.93. The minimum absolute atomic E-state index is 0.0570. The average Bonchev–Trinajstić information content (AvgIpc) is 2.65. The first-order valence-electron chi connectivity index (χ1n) is 8.47. The maximum absolute atomic E-state index is 12.9. The van der Waals surface area contributed by atoms with Crippen LogP contribution < -0.4 is 5.32 Å². The number of pyridine rings is 1. The number of rotatable bonds is 5. The Labute approximate surface area is 161 Å². The second kappa shape index (κ2) is 7.63. The Morgan fingerprint density at radius 2 is 1.71 bits per heavy atom. The van der Waals surface area contributed by atoms with E-state index >= 15 is 0 Å². The summed E-state index contributed by atoms with van der Waals surface area (Å²) in [7, 11) is -4.83. The molecule has 0 saturated carbocycles. The van der Waals surface area contributed by atoms with E-state index in [0.717, 1.165) is 22.5 Å². The topological polar surface area (TPSA) is 76.1 Å². The number of hydrogen-bond donors (Lipinski definition) is 1. The zero-order valence-corrected chi connectivity index (χ0v) is 16.1. The number of nitrogens with one attached hydrogen (secondary N) is 1. The SMILES string of the molecule is Cc1nc2ccccc2c(C)c1CC(=O)Nc1ccccc1S(=O)(=O)C(F)F. The molecule has 146 valence electrons. The largest absolute Gasteiger partial charge is 0.341 e. The quantitative estimate of drug-likeness (QED) is 0.697. The second-order valence-electron chi connectivity index (χ2n) is 6.34. The van der Waals surface area contributed by atoms with Crippen LogP contribution >= 0.6 is 0 Å². The van der Waals surface area contributed by atoms with Crippen LogP contribution in [0, 0.1) is 13.8 Å². The van der Waals surface area contributed by atoms with Gasteiger partial charge in [-0.2, -0.15) is 8.78 Å². The molecule has 1 heterocycles. The van der Waals surface area contributed by atoms with Crippen molar-refractivity contribution < 1.29 is 22.0 Å². The number of benzene rings is 2. The number of carbonyl (C=O) groups is 1. The van der Waals surface area contributed by atoms with E-state index in [0.29, 0.717) is 11.3 Å². The first-order chi connectivity index (χ1) is 13.2. The number of fused-ring (bicyclic) bond motifs is 1. The van der Waals surface area contributed by atoms with Crippen molar-refractivity contribution in [3.63, 3.8) is 0 Å². The smallest absolute Gasteiger partial charge is 0.325 e. The van der Waals surface area contributed by atoms with Gasteiger partial charge in [0.1, 0.15) is 0 Å². The molecule has 1 amide bonds. The Kier molecular flexibility index (Phi) is 5.42. The molecule has 5 nitrogen and oxygen atoms in total. The van der Waals surface area contributed by atoms with Gasteiger partial charge in [0, 0.05) is 11.1 Å². The Balaban J connectivity index is 1.92. The summed E-state index contributed by atoms with van der Waals surface area (Å²) in [5.74, 6) is -4.08.